The largest absolute Gasteiger partial charge is 0.493 e. The summed E-state index contributed by atoms with van der Waals surface area (Å²) < 4.78 is 40.0. The summed E-state index contributed by atoms with van der Waals surface area (Å²) in [5.74, 6) is 0.383. The number of rotatable bonds is 11. The highest BCUT2D eigenvalue weighted by Crippen LogP contribution is 2.36. The number of hydrazone groups is 1. The van der Waals surface area contributed by atoms with Gasteiger partial charge in [-0.15, -0.1) is 0 Å². The van der Waals surface area contributed by atoms with Crippen LogP contribution in [0.2, 0.25) is 0 Å². The van der Waals surface area contributed by atoms with Crippen molar-refractivity contribution < 1.29 is 22.7 Å². The van der Waals surface area contributed by atoms with Gasteiger partial charge in [-0.05, 0) is 83.7 Å². The molecule has 1 amide bonds. The number of carbonyl (C=O) groups is 1. The number of sulfonamides is 1. The molecule has 0 unspecified atom stereocenters. The van der Waals surface area contributed by atoms with Crippen LogP contribution in [0.15, 0.2) is 81.7 Å². The Bertz CT molecular complexity index is 1450. The highest BCUT2D eigenvalue weighted by Gasteiger charge is 2.28. The number of anilines is 1. The molecule has 0 aliphatic carbocycles. The van der Waals surface area contributed by atoms with Crippen LogP contribution in [-0.2, 0) is 14.8 Å². The maximum absolute atomic E-state index is 13.6. The van der Waals surface area contributed by atoms with Crippen LogP contribution in [0.3, 0.4) is 0 Å². The molecular formula is C28H30BrN3O5S. The predicted molar refractivity (Wildman–Crippen MR) is 154 cm³/mol. The second-order valence-corrected chi connectivity index (χ2v) is 11.3. The van der Waals surface area contributed by atoms with Crippen molar-refractivity contribution in [1.29, 1.82) is 0 Å². The van der Waals surface area contributed by atoms with Gasteiger partial charge in [0.1, 0.15) is 13.2 Å². The molecular weight excluding hydrogens is 570 g/mol. The van der Waals surface area contributed by atoms with E-state index in [-0.39, 0.29) is 4.90 Å². The van der Waals surface area contributed by atoms with Gasteiger partial charge in [-0.1, -0.05) is 42.5 Å². The lowest BCUT2D eigenvalue weighted by atomic mass is 10.1. The van der Waals surface area contributed by atoms with Crippen LogP contribution in [0.1, 0.15) is 22.3 Å². The summed E-state index contributed by atoms with van der Waals surface area (Å²) in [4.78, 5) is 13.0. The summed E-state index contributed by atoms with van der Waals surface area (Å²) in [5, 5.41) is 4.02. The van der Waals surface area contributed by atoms with Crippen LogP contribution in [0, 0.1) is 20.8 Å². The first-order valence-corrected chi connectivity index (χ1v) is 13.9. The molecule has 0 atom stereocenters. The second-order valence-electron chi connectivity index (χ2n) is 8.54. The first-order chi connectivity index (χ1) is 18.1. The number of benzene rings is 3. The Kier molecular flexibility index (Phi) is 9.71. The topological polar surface area (TPSA) is 97.3 Å². The van der Waals surface area contributed by atoms with E-state index in [0.717, 1.165) is 21.0 Å². The number of methoxy groups -OCH3 is 1. The molecule has 0 bridgehead atoms. The first-order valence-electron chi connectivity index (χ1n) is 11.7. The highest BCUT2D eigenvalue weighted by molar-refractivity contribution is 9.10. The number of nitrogens with zero attached hydrogens (tertiary/aromatic N) is 2. The van der Waals surface area contributed by atoms with E-state index < -0.39 is 22.5 Å². The van der Waals surface area contributed by atoms with Crippen molar-refractivity contribution in [3.63, 3.8) is 0 Å². The van der Waals surface area contributed by atoms with Crippen molar-refractivity contribution >= 4 is 43.8 Å². The molecule has 3 aromatic rings. The van der Waals surface area contributed by atoms with Crippen molar-refractivity contribution in [1.82, 2.24) is 5.43 Å². The number of carbonyl (C=O) groups excluding carboxylic acids is 1. The Morgan fingerprint density at radius 3 is 2.42 bits per heavy atom. The Morgan fingerprint density at radius 1 is 1.08 bits per heavy atom. The monoisotopic (exact) mass is 599 g/mol. The van der Waals surface area contributed by atoms with Gasteiger partial charge in [-0.2, -0.15) is 5.10 Å². The molecule has 0 fully saturated rings. The summed E-state index contributed by atoms with van der Waals surface area (Å²) in [6.07, 6.45) is 3.05. The van der Waals surface area contributed by atoms with Crippen LogP contribution >= 0.6 is 15.9 Å². The molecule has 0 heterocycles. The number of nitrogens with one attached hydrogen (secondary N) is 1. The molecule has 0 saturated heterocycles. The van der Waals surface area contributed by atoms with Crippen LogP contribution in [0.4, 0.5) is 5.69 Å². The lowest BCUT2D eigenvalue weighted by Gasteiger charge is -2.25. The molecule has 1 N–H and O–H groups in total. The van der Waals surface area contributed by atoms with E-state index in [1.54, 1.807) is 43.3 Å². The van der Waals surface area contributed by atoms with Gasteiger partial charge >= 0.3 is 0 Å². The van der Waals surface area contributed by atoms with Crippen molar-refractivity contribution in [2.24, 2.45) is 5.10 Å². The van der Waals surface area contributed by atoms with E-state index in [1.165, 1.54) is 25.5 Å². The zero-order chi connectivity index (χ0) is 27.9. The van der Waals surface area contributed by atoms with Crippen molar-refractivity contribution in [3.05, 3.63) is 94.0 Å². The Labute approximate surface area is 232 Å². The fraction of sp³-hybridized carbons (Fsp3) is 0.214. The maximum Gasteiger partial charge on any atom is 0.264 e. The summed E-state index contributed by atoms with van der Waals surface area (Å²) in [6.45, 7) is 9.03. The van der Waals surface area contributed by atoms with Crippen LogP contribution < -0.4 is 19.2 Å². The second kappa shape index (κ2) is 12.7. The summed E-state index contributed by atoms with van der Waals surface area (Å²) >= 11 is 3.45. The van der Waals surface area contributed by atoms with Crippen molar-refractivity contribution in [3.8, 4) is 11.5 Å². The van der Waals surface area contributed by atoms with Crippen molar-refractivity contribution in [2.45, 2.75) is 25.7 Å². The smallest absolute Gasteiger partial charge is 0.264 e. The summed E-state index contributed by atoms with van der Waals surface area (Å²) in [6, 6.07) is 15.4. The van der Waals surface area contributed by atoms with E-state index in [4.69, 9.17) is 9.47 Å². The zero-order valence-electron chi connectivity index (χ0n) is 21.7. The Balaban J connectivity index is 1.85. The minimum atomic E-state index is -4.03. The minimum Gasteiger partial charge on any atom is -0.493 e. The molecule has 0 radical (unpaired) electrons. The third-order valence-electron chi connectivity index (χ3n) is 5.53. The molecule has 38 heavy (non-hydrogen) atoms. The predicted octanol–water partition coefficient (Wildman–Crippen LogP) is 5.29. The molecule has 0 saturated carbocycles. The zero-order valence-corrected chi connectivity index (χ0v) is 24.1. The minimum absolute atomic E-state index is 0.0935. The fourth-order valence-electron chi connectivity index (χ4n) is 3.57. The van der Waals surface area contributed by atoms with Gasteiger partial charge in [0, 0.05) is 0 Å². The van der Waals surface area contributed by atoms with Crippen molar-refractivity contribution in [2.75, 3.05) is 24.6 Å². The highest BCUT2D eigenvalue weighted by atomic mass is 79.9. The van der Waals surface area contributed by atoms with E-state index in [1.807, 2.05) is 26.0 Å². The third kappa shape index (κ3) is 7.02. The molecule has 0 aliphatic rings. The number of hydrogen-bond donors (Lipinski definition) is 1. The molecule has 0 spiro atoms. The Hall–Kier alpha value is -3.63. The molecule has 3 rings (SSSR count). The number of hydrogen-bond acceptors (Lipinski definition) is 6. The van der Waals surface area contributed by atoms with Gasteiger partial charge in [0.25, 0.3) is 15.9 Å². The lowest BCUT2D eigenvalue weighted by molar-refractivity contribution is -0.119. The van der Waals surface area contributed by atoms with Crippen LogP contribution in [0.5, 0.6) is 11.5 Å². The van der Waals surface area contributed by atoms with E-state index in [9.17, 15) is 13.2 Å². The molecule has 0 aromatic heterocycles. The average Bonchev–Trinajstić information content (AvgIpc) is 2.88. The van der Waals surface area contributed by atoms with E-state index in [0.29, 0.717) is 33.8 Å². The lowest BCUT2D eigenvalue weighted by Crippen LogP contribution is -2.40. The van der Waals surface area contributed by atoms with E-state index in [2.05, 4.69) is 33.0 Å². The number of amides is 1. The van der Waals surface area contributed by atoms with Gasteiger partial charge in [-0.3, -0.25) is 9.10 Å². The maximum atomic E-state index is 13.6. The normalized spacial score (nSPS) is 11.3. The van der Waals surface area contributed by atoms with Crippen LogP contribution in [0.25, 0.3) is 0 Å². The average molecular weight is 601 g/mol. The van der Waals surface area contributed by atoms with Gasteiger partial charge in [-0.25, -0.2) is 13.8 Å². The molecule has 8 nitrogen and oxygen atoms in total. The molecule has 3 aromatic carbocycles. The van der Waals surface area contributed by atoms with Crippen LogP contribution in [-0.4, -0.2) is 40.8 Å². The number of aryl methyl sites for hydroxylation is 3. The SMILES string of the molecule is C=CCOc1c(Br)cc(/C=N\NC(=O)CN(c2cc(C)ccc2C)S(=O)(=O)c2ccc(C)cc2)cc1OC. The first kappa shape index (κ1) is 28.9. The number of ether oxygens (including phenoxy) is 2. The van der Waals surface area contributed by atoms with E-state index >= 15 is 0 Å². The molecule has 0 aliphatic heterocycles. The Morgan fingerprint density at radius 2 is 1.76 bits per heavy atom. The fourth-order valence-corrected chi connectivity index (χ4v) is 5.62. The molecule has 10 heteroatoms. The van der Waals surface area contributed by atoms with Gasteiger partial charge < -0.3 is 9.47 Å². The van der Waals surface area contributed by atoms with Gasteiger partial charge in [0.05, 0.1) is 28.4 Å². The third-order valence-corrected chi connectivity index (χ3v) is 7.89. The van der Waals surface area contributed by atoms with Gasteiger partial charge in [0.15, 0.2) is 11.5 Å². The standard InChI is InChI=1S/C28H30BrN3O5S/c1-6-13-37-28-24(29)15-22(16-26(28)36-5)17-30-31-27(33)18-32(25-14-20(3)7-10-21(25)4)38(34,35)23-11-8-19(2)9-12-23/h6-12,14-17H,1,13,18H2,2-5H3,(H,31,33)/b30-17-. The summed E-state index contributed by atoms with van der Waals surface area (Å²) in [7, 11) is -2.52. The quantitative estimate of drug-likeness (QED) is 0.183. The summed E-state index contributed by atoms with van der Waals surface area (Å²) in [5.41, 5.74) is 5.99. The molecule has 200 valence electrons. The number of halogens is 1. The van der Waals surface area contributed by atoms with Gasteiger partial charge in [0.2, 0.25) is 0 Å².